The highest BCUT2D eigenvalue weighted by Gasteiger charge is 2.20. The fraction of sp³-hybridized carbons (Fsp3) is 0. The molecule has 6 nitrogen and oxygen atoms in total. The van der Waals surface area contributed by atoms with Gasteiger partial charge in [-0.3, -0.25) is 9.82 Å². The molecular formula is C26H16F2N4O2S. The van der Waals surface area contributed by atoms with E-state index in [9.17, 15) is 12.8 Å². The smallest absolute Gasteiger partial charge is 0.262 e. The highest BCUT2D eigenvalue weighted by Crippen LogP contribution is 2.26. The molecule has 35 heavy (non-hydrogen) atoms. The third-order valence-corrected chi connectivity index (χ3v) is 6.57. The summed E-state index contributed by atoms with van der Waals surface area (Å²) in [6.07, 6.45) is 2.99. The standard InChI is InChI=1S/C26H16F2N4O2S/c27-23-11-12-24(25(28)22(23)10-9-17-13-20-16-30-31-26(20)29-15-17)32-35(33,34)21-8-4-7-19(14-21)18-5-2-1-3-6-18/h1-8,11-16,32H,(H,29,30,31). The van der Waals surface area contributed by atoms with Crippen LogP contribution < -0.4 is 4.72 Å². The van der Waals surface area contributed by atoms with Gasteiger partial charge in [-0.15, -0.1) is 0 Å². The molecule has 2 aromatic heterocycles. The molecule has 0 fully saturated rings. The fourth-order valence-corrected chi connectivity index (χ4v) is 4.57. The number of pyridine rings is 1. The van der Waals surface area contributed by atoms with Crippen LogP contribution in [0.3, 0.4) is 0 Å². The largest absolute Gasteiger partial charge is 0.277 e. The van der Waals surface area contributed by atoms with Crippen molar-refractivity contribution < 1.29 is 17.2 Å². The molecule has 2 N–H and O–H groups in total. The summed E-state index contributed by atoms with van der Waals surface area (Å²) in [5.41, 5.74) is 1.52. The number of rotatable bonds is 4. The van der Waals surface area contributed by atoms with Crippen LogP contribution in [0.15, 0.2) is 90.1 Å². The second-order valence-corrected chi connectivity index (χ2v) is 9.25. The quantitative estimate of drug-likeness (QED) is 0.346. The minimum Gasteiger partial charge on any atom is -0.277 e. The van der Waals surface area contributed by atoms with E-state index in [-0.39, 0.29) is 4.90 Å². The monoisotopic (exact) mass is 486 g/mol. The van der Waals surface area contributed by atoms with Gasteiger partial charge in [0, 0.05) is 17.1 Å². The number of sulfonamides is 1. The van der Waals surface area contributed by atoms with E-state index >= 15 is 4.39 Å². The van der Waals surface area contributed by atoms with Gasteiger partial charge in [-0.2, -0.15) is 5.10 Å². The van der Waals surface area contributed by atoms with Crippen LogP contribution in [-0.4, -0.2) is 23.6 Å². The van der Waals surface area contributed by atoms with Crippen LogP contribution in [-0.2, 0) is 10.0 Å². The number of hydrogen-bond donors (Lipinski definition) is 2. The zero-order chi connectivity index (χ0) is 24.4. The molecule has 0 saturated heterocycles. The zero-order valence-corrected chi connectivity index (χ0v) is 18.8. The lowest BCUT2D eigenvalue weighted by atomic mass is 10.1. The van der Waals surface area contributed by atoms with Crippen molar-refractivity contribution in [1.29, 1.82) is 0 Å². The Kier molecular flexibility index (Phi) is 5.73. The maximum absolute atomic E-state index is 15.1. The first-order valence-corrected chi connectivity index (χ1v) is 11.9. The van der Waals surface area contributed by atoms with E-state index in [0.717, 1.165) is 17.7 Å². The number of halogens is 2. The van der Waals surface area contributed by atoms with Crippen LogP contribution in [0.2, 0.25) is 0 Å². The molecule has 172 valence electrons. The summed E-state index contributed by atoms with van der Waals surface area (Å²) in [5, 5.41) is 7.25. The van der Waals surface area contributed by atoms with Gasteiger partial charge in [0.15, 0.2) is 11.5 Å². The van der Waals surface area contributed by atoms with Crippen LogP contribution in [0.4, 0.5) is 14.5 Å². The summed E-state index contributed by atoms with van der Waals surface area (Å²) < 4.78 is 57.7. The van der Waals surface area contributed by atoms with Crippen LogP contribution in [0.25, 0.3) is 22.2 Å². The molecule has 0 atom stereocenters. The molecule has 0 saturated carbocycles. The van der Waals surface area contributed by atoms with Crippen LogP contribution in [0, 0.1) is 23.5 Å². The van der Waals surface area contributed by atoms with E-state index < -0.39 is 32.9 Å². The molecule has 2 heterocycles. The van der Waals surface area contributed by atoms with Crippen molar-refractivity contribution in [3.8, 4) is 23.0 Å². The summed E-state index contributed by atoms with van der Waals surface area (Å²) in [4.78, 5) is 4.07. The first kappa shape index (κ1) is 22.3. The average molecular weight is 487 g/mol. The Morgan fingerprint density at radius 3 is 2.49 bits per heavy atom. The molecule has 0 aliphatic rings. The Balaban J connectivity index is 1.46. The number of aromatic amines is 1. The number of aromatic nitrogens is 3. The molecule has 0 amide bonds. The minimum absolute atomic E-state index is 0.0605. The van der Waals surface area contributed by atoms with Crippen molar-refractivity contribution in [2.45, 2.75) is 4.90 Å². The molecule has 0 bridgehead atoms. The normalized spacial score (nSPS) is 11.1. The maximum Gasteiger partial charge on any atom is 0.262 e. The van der Waals surface area contributed by atoms with Crippen molar-refractivity contribution in [3.05, 3.63) is 108 Å². The Morgan fingerprint density at radius 1 is 0.857 bits per heavy atom. The van der Waals surface area contributed by atoms with E-state index in [1.807, 2.05) is 30.3 Å². The van der Waals surface area contributed by atoms with Gasteiger partial charge in [0.2, 0.25) is 0 Å². The third-order valence-electron chi connectivity index (χ3n) is 5.21. The third kappa shape index (κ3) is 4.60. The van der Waals surface area contributed by atoms with Gasteiger partial charge in [-0.1, -0.05) is 54.3 Å². The van der Waals surface area contributed by atoms with E-state index in [4.69, 9.17) is 0 Å². The van der Waals surface area contributed by atoms with E-state index in [0.29, 0.717) is 22.2 Å². The Morgan fingerprint density at radius 2 is 1.66 bits per heavy atom. The molecule has 0 spiro atoms. The van der Waals surface area contributed by atoms with Gasteiger partial charge >= 0.3 is 0 Å². The molecule has 0 aliphatic heterocycles. The second kappa shape index (κ2) is 9.00. The van der Waals surface area contributed by atoms with Gasteiger partial charge < -0.3 is 0 Å². The number of nitrogens with one attached hydrogen (secondary N) is 2. The van der Waals surface area contributed by atoms with Crippen LogP contribution in [0.1, 0.15) is 11.1 Å². The van der Waals surface area contributed by atoms with Crippen LogP contribution in [0.5, 0.6) is 0 Å². The lowest BCUT2D eigenvalue weighted by molar-refractivity contribution is 0.578. The maximum atomic E-state index is 15.1. The first-order valence-electron chi connectivity index (χ1n) is 10.4. The summed E-state index contributed by atoms with van der Waals surface area (Å²) in [6, 6.07) is 19.1. The lowest BCUT2D eigenvalue weighted by Gasteiger charge is -2.11. The van der Waals surface area contributed by atoms with Crippen LogP contribution >= 0.6 is 0 Å². The van der Waals surface area contributed by atoms with Crippen molar-refractivity contribution in [1.82, 2.24) is 15.2 Å². The second-order valence-electron chi connectivity index (χ2n) is 7.57. The molecule has 3 aromatic carbocycles. The number of benzene rings is 3. The molecular weight excluding hydrogens is 470 g/mol. The summed E-state index contributed by atoms with van der Waals surface area (Å²) in [5.74, 6) is 3.08. The van der Waals surface area contributed by atoms with E-state index in [1.165, 1.54) is 18.3 Å². The predicted octanol–water partition coefficient (Wildman–Crippen LogP) is 5.10. The number of nitrogens with zero attached hydrogens (tertiary/aromatic N) is 2. The lowest BCUT2D eigenvalue weighted by Crippen LogP contribution is -2.14. The van der Waals surface area contributed by atoms with Gasteiger partial charge in [0.1, 0.15) is 5.82 Å². The molecule has 5 aromatic rings. The summed E-state index contributed by atoms with van der Waals surface area (Å²) >= 11 is 0. The Bertz CT molecular complexity index is 1720. The SMILES string of the molecule is O=S(=O)(Nc1ccc(F)c(C#Cc2cnc3[nH]ncc3c2)c1F)c1cccc(-c2ccccc2)c1. The number of anilines is 1. The highest BCUT2D eigenvalue weighted by molar-refractivity contribution is 7.92. The van der Waals surface area contributed by atoms with Crippen molar-refractivity contribution in [2.24, 2.45) is 0 Å². The number of fused-ring (bicyclic) bond motifs is 1. The number of H-pyrrole nitrogens is 1. The fourth-order valence-electron chi connectivity index (χ4n) is 3.46. The van der Waals surface area contributed by atoms with Gasteiger partial charge in [-0.25, -0.2) is 22.2 Å². The van der Waals surface area contributed by atoms with E-state index in [1.54, 1.807) is 24.4 Å². The molecule has 0 aliphatic carbocycles. The van der Waals surface area contributed by atoms with Gasteiger partial charge in [-0.05, 0) is 41.5 Å². The topological polar surface area (TPSA) is 87.7 Å². The first-order chi connectivity index (χ1) is 16.9. The molecule has 9 heteroatoms. The summed E-state index contributed by atoms with van der Waals surface area (Å²) in [7, 11) is -4.16. The summed E-state index contributed by atoms with van der Waals surface area (Å²) in [6.45, 7) is 0. The number of hydrogen-bond acceptors (Lipinski definition) is 4. The molecule has 0 unspecified atom stereocenters. The van der Waals surface area contributed by atoms with Crippen molar-refractivity contribution >= 4 is 26.7 Å². The Labute approximate surface area is 199 Å². The molecule has 0 radical (unpaired) electrons. The zero-order valence-electron chi connectivity index (χ0n) is 18.0. The molecule has 5 rings (SSSR count). The van der Waals surface area contributed by atoms with E-state index in [2.05, 4.69) is 31.7 Å². The van der Waals surface area contributed by atoms with Gasteiger partial charge in [0.25, 0.3) is 10.0 Å². The predicted molar refractivity (Wildman–Crippen MR) is 129 cm³/mol. The highest BCUT2D eigenvalue weighted by atomic mass is 32.2. The Hall–Kier alpha value is -4.55. The minimum atomic E-state index is -4.16. The average Bonchev–Trinajstić information content (AvgIpc) is 3.34. The van der Waals surface area contributed by atoms with Gasteiger partial charge in [0.05, 0.1) is 22.3 Å². The van der Waals surface area contributed by atoms with Crippen molar-refractivity contribution in [2.75, 3.05) is 4.72 Å². The van der Waals surface area contributed by atoms with Crippen molar-refractivity contribution in [3.63, 3.8) is 0 Å².